The Morgan fingerprint density at radius 3 is 1.03 bits per heavy atom. The molecule has 4 aromatic rings. The Hall–Kier alpha value is -2.58. The van der Waals surface area contributed by atoms with Crippen molar-refractivity contribution in [3.63, 3.8) is 0 Å². The molecule has 0 aromatic heterocycles. The minimum atomic E-state index is -4.11. The predicted molar refractivity (Wildman–Crippen MR) is 143 cm³/mol. The third kappa shape index (κ3) is 4.07. The van der Waals surface area contributed by atoms with Crippen molar-refractivity contribution >= 4 is 35.9 Å². The topological polar surface area (TPSA) is 44.8 Å². The number of hydrogen-bond acceptors (Lipinski definition) is 4. The zero-order valence-corrected chi connectivity index (χ0v) is 21.3. The Morgan fingerprint density at radius 2 is 0.794 bits per heavy atom. The van der Waals surface area contributed by atoms with Gasteiger partial charge in [0.1, 0.15) is 0 Å². The zero-order valence-electron chi connectivity index (χ0n) is 19.5. The molecule has 0 fully saturated rings. The van der Waals surface area contributed by atoms with Gasteiger partial charge in [-0.15, -0.1) is 0 Å². The number of benzene rings is 4. The van der Waals surface area contributed by atoms with E-state index in [1.807, 2.05) is 121 Å². The molecular weight excluding hydrogens is 462 g/mol. The molecule has 6 heteroatoms. The Balaban J connectivity index is 2.27. The maximum absolute atomic E-state index is 14.3. The van der Waals surface area contributed by atoms with Gasteiger partial charge in [0.05, 0.1) is 0 Å². The molecule has 4 aromatic carbocycles. The molecule has 0 aliphatic rings. The van der Waals surface area contributed by atoms with Crippen LogP contribution in [0.1, 0.15) is 13.8 Å². The van der Waals surface area contributed by atoms with Gasteiger partial charge < -0.3 is 0 Å². The van der Waals surface area contributed by atoms with Crippen molar-refractivity contribution in [2.75, 3.05) is 13.2 Å². The van der Waals surface area contributed by atoms with E-state index in [1.165, 1.54) is 0 Å². The molecule has 0 aliphatic heterocycles. The van der Waals surface area contributed by atoms with E-state index in [4.69, 9.17) is 13.4 Å². The van der Waals surface area contributed by atoms with Crippen molar-refractivity contribution in [3.05, 3.63) is 121 Å². The Bertz CT molecular complexity index is 1050. The van der Waals surface area contributed by atoms with Crippen LogP contribution in [0, 0.1) is 0 Å². The molecule has 4 rings (SSSR count). The van der Waals surface area contributed by atoms with Gasteiger partial charge in [0.25, 0.3) is 0 Å². The first-order valence-corrected chi connectivity index (χ1v) is 15.1. The molecule has 34 heavy (non-hydrogen) atoms. The molecule has 176 valence electrons. The second-order valence-electron chi connectivity index (χ2n) is 7.74. The van der Waals surface area contributed by atoms with E-state index >= 15 is 0 Å². The summed E-state index contributed by atoms with van der Waals surface area (Å²) in [5.74, 6) is 0. The average Bonchev–Trinajstić information content (AvgIpc) is 2.90. The van der Waals surface area contributed by atoms with Gasteiger partial charge in [-0.2, -0.15) is 0 Å². The molecule has 0 amide bonds. The van der Waals surface area contributed by atoms with E-state index in [2.05, 4.69) is 0 Å². The standard InChI is InChI=1S/C28H30O4P2/c1-3-30-33(29,31-4-2)32-34(25-17-9-5-10-18-25,26-19-11-6-12-20-26,27-21-13-7-14-22-27)28-23-15-8-16-24-28/h5-24H,3-4H2,1-2H3. The molecule has 0 heterocycles. The summed E-state index contributed by atoms with van der Waals surface area (Å²) in [6.45, 7) is -0.141. The van der Waals surface area contributed by atoms with Crippen LogP contribution in [0.3, 0.4) is 0 Å². The van der Waals surface area contributed by atoms with E-state index < -0.39 is 14.7 Å². The second kappa shape index (κ2) is 10.4. The van der Waals surface area contributed by atoms with Crippen LogP contribution in [0.5, 0.6) is 0 Å². The molecule has 0 spiro atoms. The normalized spacial score (nSPS) is 13.2. The molecule has 0 atom stereocenters. The van der Waals surface area contributed by atoms with Gasteiger partial charge in [0, 0.05) is 0 Å². The first-order chi connectivity index (χ1) is 16.6. The van der Waals surface area contributed by atoms with Gasteiger partial charge in [0.2, 0.25) is 0 Å². The van der Waals surface area contributed by atoms with Crippen molar-refractivity contribution < 1.29 is 17.9 Å². The van der Waals surface area contributed by atoms with Crippen molar-refractivity contribution in [2.24, 2.45) is 0 Å². The van der Waals surface area contributed by atoms with E-state index in [9.17, 15) is 4.57 Å². The van der Waals surface area contributed by atoms with Gasteiger partial charge in [-0.3, -0.25) is 0 Å². The summed E-state index contributed by atoms with van der Waals surface area (Å²) in [4.78, 5) is 0. The molecule has 0 unspecified atom stereocenters. The fourth-order valence-electron chi connectivity index (χ4n) is 4.53. The van der Waals surface area contributed by atoms with Gasteiger partial charge in [-0.05, 0) is 0 Å². The number of phosphoric acid groups is 1. The molecule has 0 bridgehead atoms. The molecule has 0 radical (unpaired) electrons. The van der Waals surface area contributed by atoms with Crippen LogP contribution in [-0.4, -0.2) is 13.2 Å². The number of rotatable bonds is 10. The maximum atomic E-state index is 14.3. The van der Waals surface area contributed by atoms with E-state index in [0.29, 0.717) is 0 Å². The van der Waals surface area contributed by atoms with Crippen LogP contribution in [0.25, 0.3) is 0 Å². The van der Waals surface area contributed by atoms with Crippen LogP contribution < -0.4 is 21.2 Å². The monoisotopic (exact) mass is 492 g/mol. The van der Waals surface area contributed by atoms with Crippen molar-refractivity contribution in [2.45, 2.75) is 13.8 Å². The van der Waals surface area contributed by atoms with Crippen LogP contribution in [0.15, 0.2) is 121 Å². The fourth-order valence-corrected chi connectivity index (χ4v) is 13.5. The van der Waals surface area contributed by atoms with Crippen molar-refractivity contribution in [1.82, 2.24) is 0 Å². The fraction of sp³-hybridized carbons (Fsp3) is 0.143. The zero-order chi connectivity index (χ0) is 23.9. The summed E-state index contributed by atoms with van der Waals surface area (Å²) in [5, 5.41) is 3.65. The van der Waals surface area contributed by atoms with Crippen LogP contribution in [0.2, 0.25) is 0 Å². The minimum absolute atomic E-state index is 0.191. The Kier molecular flexibility index (Phi) is 7.48. The molecule has 4 nitrogen and oxygen atoms in total. The summed E-state index contributed by atoms with van der Waals surface area (Å²) in [5.41, 5.74) is 0. The number of hydrogen-bond donors (Lipinski definition) is 0. The van der Waals surface area contributed by atoms with E-state index in [1.54, 1.807) is 13.8 Å². The SMILES string of the molecule is CCOP(=O)(OCC)OP(c1ccccc1)(c1ccccc1)(c1ccccc1)c1ccccc1. The Labute approximate surface area is 202 Å². The van der Waals surface area contributed by atoms with E-state index in [-0.39, 0.29) is 13.2 Å². The quantitative estimate of drug-likeness (QED) is 0.257. The molecule has 0 saturated carbocycles. The molecule has 0 aliphatic carbocycles. The summed E-state index contributed by atoms with van der Waals surface area (Å²) < 4.78 is 32.9. The van der Waals surface area contributed by atoms with Gasteiger partial charge in [-0.1, -0.05) is 0 Å². The third-order valence-electron chi connectivity index (χ3n) is 5.83. The first kappa shape index (κ1) is 24.5. The predicted octanol–water partition coefficient (Wildman–Crippen LogP) is 5.95. The van der Waals surface area contributed by atoms with Crippen molar-refractivity contribution in [3.8, 4) is 0 Å². The summed E-state index contributed by atoms with van der Waals surface area (Å²) in [6.07, 6.45) is 0. The Morgan fingerprint density at radius 1 is 0.529 bits per heavy atom. The van der Waals surface area contributed by atoms with Gasteiger partial charge in [-0.25, -0.2) is 0 Å². The molecule has 0 N–H and O–H groups in total. The first-order valence-electron chi connectivity index (χ1n) is 11.4. The van der Waals surface area contributed by atoms with Gasteiger partial charge in [0.15, 0.2) is 0 Å². The summed E-state index contributed by atoms with van der Waals surface area (Å²) >= 11 is 0. The molecule has 0 saturated heterocycles. The van der Waals surface area contributed by atoms with Crippen molar-refractivity contribution in [1.29, 1.82) is 0 Å². The second-order valence-corrected chi connectivity index (χ2v) is 13.9. The summed E-state index contributed by atoms with van der Waals surface area (Å²) in [6, 6.07) is 40.2. The number of phosphoric ester groups is 1. The summed E-state index contributed by atoms with van der Waals surface area (Å²) in [7, 11) is -4.01. The van der Waals surface area contributed by atoms with Crippen LogP contribution >= 0.6 is 14.7 Å². The third-order valence-corrected chi connectivity index (χ3v) is 14.2. The van der Waals surface area contributed by atoms with E-state index in [0.717, 1.165) is 21.2 Å². The average molecular weight is 492 g/mol. The molecular formula is C28H30O4P2. The van der Waals surface area contributed by atoms with Gasteiger partial charge >= 0.3 is 202 Å². The van der Waals surface area contributed by atoms with Crippen LogP contribution in [-0.2, 0) is 17.9 Å². The van der Waals surface area contributed by atoms with Crippen LogP contribution in [0.4, 0.5) is 0 Å².